The highest BCUT2D eigenvalue weighted by Crippen LogP contribution is 2.17. The van der Waals surface area contributed by atoms with Crippen LogP contribution in [0, 0.1) is 0 Å². The molecule has 0 aliphatic rings. The van der Waals surface area contributed by atoms with Gasteiger partial charge < -0.3 is 0 Å². The Labute approximate surface area is 46.9 Å². The number of alkyl halides is 2. The fourth-order valence-corrected chi connectivity index (χ4v) is 0. The number of halogens is 2. The molecule has 6 heavy (non-hydrogen) atoms. The summed E-state index contributed by atoms with van der Waals surface area (Å²) < 4.78 is -1.07. The van der Waals surface area contributed by atoms with E-state index in [0.29, 0.717) is 0 Å². The first kappa shape index (κ1) is 6.54. The molecule has 0 aromatic rings. The van der Waals surface area contributed by atoms with Gasteiger partial charge in [0.15, 0.2) is 0 Å². The quantitative estimate of drug-likeness (QED) is 0.478. The predicted octanol–water partition coefficient (Wildman–Crippen LogP) is 1.61. The zero-order valence-electron chi connectivity index (χ0n) is 3.37. The van der Waals surface area contributed by atoms with Gasteiger partial charge in [0, 0.05) is 0 Å². The third-order valence-electron chi connectivity index (χ3n) is 0.253. The first-order valence-corrected chi connectivity index (χ1v) is 2.28. The molecule has 0 unspecified atom stereocenters. The monoisotopic (exact) mass is 127 g/mol. The van der Waals surface area contributed by atoms with Crippen LogP contribution in [0.15, 0.2) is 0 Å². The molecule has 1 radical (unpaired) electrons. The lowest BCUT2D eigenvalue weighted by Crippen LogP contribution is -2.09. The maximum absolute atomic E-state index is 9.69. The molecule has 0 bridgehead atoms. The topological polar surface area (TPSA) is 19.9 Å². The fraction of sp³-hybridized carbons (Fsp3) is 1.00. The van der Waals surface area contributed by atoms with Gasteiger partial charge in [0.05, 0.1) is 0 Å². The van der Waals surface area contributed by atoms with E-state index in [1.165, 1.54) is 6.92 Å². The van der Waals surface area contributed by atoms with Gasteiger partial charge in [-0.2, -0.15) is 0 Å². The molecule has 0 atom stereocenters. The van der Waals surface area contributed by atoms with Crippen molar-refractivity contribution in [2.45, 2.75) is 11.3 Å². The summed E-state index contributed by atoms with van der Waals surface area (Å²) in [6.45, 7) is 1.01. The molecule has 0 rings (SSSR count). The van der Waals surface area contributed by atoms with Crippen LogP contribution < -0.4 is 0 Å². The van der Waals surface area contributed by atoms with E-state index < -0.39 is 10.9 Å². The van der Waals surface area contributed by atoms with Crippen LogP contribution in [0.4, 0.5) is 0 Å². The standard InChI is InChI=1S/C3H5Cl2O/c1-3(4,5)2-6/h2H2,1H3. The summed E-state index contributed by atoms with van der Waals surface area (Å²) in [6.07, 6.45) is 0. The van der Waals surface area contributed by atoms with E-state index in [-0.39, 0.29) is 0 Å². The molecule has 37 valence electrons. The van der Waals surface area contributed by atoms with Crippen molar-refractivity contribution in [1.29, 1.82) is 0 Å². The van der Waals surface area contributed by atoms with Gasteiger partial charge >= 0.3 is 0 Å². The summed E-state index contributed by atoms with van der Waals surface area (Å²) >= 11 is 10.3. The Kier molecular flexibility index (Phi) is 2.19. The van der Waals surface area contributed by atoms with Crippen LogP contribution in [0.5, 0.6) is 0 Å². The van der Waals surface area contributed by atoms with Crippen LogP contribution in [0.1, 0.15) is 6.92 Å². The highest BCUT2D eigenvalue weighted by molar-refractivity contribution is 6.48. The lowest BCUT2D eigenvalue weighted by atomic mass is 10.5. The maximum atomic E-state index is 9.69. The first-order chi connectivity index (χ1) is 2.56. The zero-order chi connectivity index (χ0) is 5.21. The Bertz CT molecular complexity index is 38.5. The molecule has 0 fully saturated rings. The maximum Gasteiger partial charge on any atom is 0.141 e. The van der Waals surface area contributed by atoms with E-state index in [4.69, 9.17) is 23.2 Å². The van der Waals surface area contributed by atoms with Crippen LogP contribution in [0.2, 0.25) is 0 Å². The molecular weight excluding hydrogens is 123 g/mol. The van der Waals surface area contributed by atoms with Crippen LogP contribution in [-0.2, 0) is 5.11 Å². The minimum absolute atomic E-state index is 0.448. The van der Waals surface area contributed by atoms with E-state index in [1.807, 2.05) is 0 Å². The average molecular weight is 128 g/mol. The lowest BCUT2D eigenvalue weighted by Gasteiger charge is -2.03. The molecule has 3 heteroatoms. The highest BCUT2D eigenvalue weighted by Gasteiger charge is 2.13. The Morgan fingerprint density at radius 2 is 1.83 bits per heavy atom. The molecule has 1 nitrogen and oxygen atoms in total. The van der Waals surface area contributed by atoms with Gasteiger partial charge in [-0.05, 0) is 6.92 Å². The average Bonchev–Trinajstić information content (AvgIpc) is 1.35. The first-order valence-electron chi connectivity index (χ1n) is 1.52. The Hall–Kier alpha value is 0.540. The van der Waals surface area contributed by atoms with Crippen LogP contribution in [0.25, 0.3) is 0 Å². The molecule has 0 aliphatic carbocycles. The second-order valence-electron chi connectivity index (χ2n) is 1.21. The van der Waals surface area contributed by atoms with Crippen molar-refractivity contribution in [3.8, 4) is 0 Å². The lowest BCUT2D eigenvalue weighted by molar-refractivity contribution is 0.186. The molecular formula is C3H5Cl2O. The molecule has 0 aromatic heterocycles. The summed E-state index contributed by atoms with van der Waals surface area (Å²) in [4.78, 5) is 0. The minimum Gasteiger partial charge on any atom is -0.233 e. The molecule has 0 saturated heterocycles. The van der Waals surface area contributed by atoms with Crippen molar-refractivity contribution in [3.05, 3.63) is 0 Å². The van der Waals surface area contributed by atoms with Crippen molar-refractivity contribution in [3.63, 3.8) is 0 Å². The molecule has 0 aromatic carbocycles. The summed E-state index contributed by atoms with van der Waals surface area (Å²) in [6, 6.07) is 0. The minimum atomic E-state index is -1.07. The Balaban J connectivity index is 3.17. The third kappa shape index (κ3) is 4.54. The van der Waals surface area contributed by atoms with Gasteiger partial charge in [0.2, 0.25) is 0 Å². The Morgan fingerprint density at radius 1 is 1.67 bits per heavy atom. The van der Waals surface area contributed by atoms with Crippen molar-refractivity contribution < 1.29 is 5.11 Å². The molecule has 0 heterocycles. The van der Waals surface area contributed by atoms with Crippen molar-refractivity contribution >= 4 is 23.2 Å². The van der Waals surface area contributed by atoms with Gasteiger partial charge in [0.1, 0.15) is 10.9 Å². The van der Waals surface area contributed by atoms with E-state index in [1.54, 1.807) is 0 Å². The van der Waals surface area contributed by atoms with Gasteiger partial charge in [-0.1, -0.05) is 23.2 Å². The normalized spacial score (nSPS) is 12.0. The number of hydrogen-bond acceptors (Lipinski definition) is 0. The second-order valence-corrected chi connectivity index (χ2v) is 3.08. The van der Waals surface area contributed by atoms with Crippen LogP contribution >= 0.6 is 23.2 Å². The SMILES string of the molecule is CC(Cl)(Cl)C[O]. The van der Waals surface area contributed by atoms with E-state index >= 15 is 0 Å². The fourth-order valence-electron chi connectivity index (χ4n) is 0. The van der Waals surface area contributed by atoms with Crippen molar-refractivity contribution in [2.75, 3.05) is 6.61 Å². The van der Waals surface area contributed by atoms with Gasteiger partial charge in [-0.25, -0.2) is 5.11 Å². The van der Waals surface area contributed by atoms with Crippen molar-refractivity contribution in [1.82, 2.24) is 0 Å². The molecule has 0 N–H and O–H groups in total. The van der Waals surface area contributed by atoms with Gasteiger partial charge in [-0.15, -0.1) is 0 Å². The second kappa shape index (κ2) is 2.01. The van der Waals surface area contributed by atoms with E-state index in [2.05, 4.69) is 0 Å². The largest absolute Gasteiger partial charge is 0.233 e. The summed E-state index contributed by atoms with van der Waals surface area (Å²) in [5, 5.41) is 9.69. The summed E-state index contributed by atoms with van der Waals surface area (Å²) in [5.41, 5.74) is 0. The zero-order valence-corrected chi connectivity index (χ0v) is 4.88. The Morgan fingerprint density at radius 3 is 1.83 bits per heavy atom. The van der Waals surface area contributed by atoms with E-state index in [0.717, 1.165) is 0 Å². The smallest absolute Gasteiger partial charge is 0.141 e. The third-order valence-corrected chi connectivity index (χ3v) is 0.472. The molecule has 0 amide bonds. The van der Waals surface area contributed by atoms with Crippen molar-refractivity contribution in [2.24, 2.45) is 0 Å². The van der Waals surface area contributed by atoms with Gasteiger partial charge in [-0.3, -0.25) is 0 Å². The highest BCUT2D eigenvalue weighted by atomic mass is 35.5. The number of rotatable bonds is 1. The molecule has 0 spiro atoms. The molecule has 0 saturated carbocycles. The summed E-state index contributed by atoms with van der Waals surface area (Å²) in [7, 11) is 0. The van der Waals surface area contributed by atoms with E-state index in [9.17, 15) is 5.11 Å². The summed E-state index contributed by atoms with van der Waals surface area (Å²) in [5.74, 6) is 0. The predicted molar refractivity (Wildman–Crippen MR) is 25.7 cm³/mol. The molecule has 0 aliphatic heterocycles. The number of hydrogen-bond donors (Lipinski definition) is 0. The van der Waals surface area contributed by atoms with Gasteiger partial charge in [0.25, 0.3) is 0 Å². The van der Waals surface area contributed by atoms with Crippen LogP contribution in [0.3, 0.4) is 0 Å². The van der Waals surface area contributed by atoms with Crippen LogP contribution in [-0.4, -0.2) is 10.9 Å².